The van der Waals surface area contributed by atoms with E-state index in [0.29, 0.717) is 5.69 Å². The normalized spacial score (nSPS) is 13.2. The van der Waals surface area contributed by atoms with Crippen LogP contribution in [0.4, 0.5) is 5.69 Å². The summed E-state index contributed by atoms with van der Waals surface area (Å²) in [5, 5.41) is 23.1. The number of nitrogens with zero attached hydrogens (tertiary/aromatic N) is 3. The Balaban J connectivity index is 1.72. The second-order valence-electron chi connectivity index (χ2n) is 7.65. The maximum absolute atomic E-state index is 12.6. The number of aryl methyl sites for hydroxylation is 2. The van der Waals surface area contributed by atoms with Crippen molar-refractivity contribution in [3.05, 3.63) is 74.9 Å². The Morgan fingerprint density at radius 3 is 2.61 bits per heavy atom. The van der Waals surface area contributed by atoms with Gasteiger partial charge in [-0.1, -0.05) is 18.2 Å². The molecule has 0 atom stereocenters. The fourth-order valence-corrected chi connectivity index (χ4v) is 5.54. The van der Waals surface area contributed by atoms with Crippen molar-refractivity contribution in [2.24, 2.45) is 0 Å². The van der Waals surface area contributed by atoms with Gasteiger partial charge in [0.2, 0.25) is 0 Å². The first-order valence-electron chi connectivity index (χ1n) is 10.3. The van der Waals surface area contributed by atoms with Gasteiger partial charge in [0.25, 0.3) is 5.91 Å². The summed E-state index contributed by atoms with van der Waals surface area (Å²) in [7, 11) is 0. The van der Waals surface area contributed by atoms with Crippen LogP contribution < -0.4 is 5.32 Å². The van der Waals surface area contributed by atoms with E-state index in [0.717, 1.165) is 53.2 Å². The minimum Gasteiger partial charge on any atom is -0.321 e. The lowest BCUT2D eigenvalue weighted by atomic mass is 9.96. The number of hydrogen-bond acceptors (Lipinski definition) is 4. The highest BCUT2D eigenvalue weighted by atomic mass is 32.1. The topological polar surface area (TPSA) is 81.6 Å². The van der Waals surface area contributed by atoms with Crippen LogP contribution in [0.3, 0.4) is 0 Å². The highest BCUT2D eigenvalue weighted by Gasteiger charge is 2.24. The van der Waals surface area contributed by atoms with Crippen LogP contribution in [0.5, 0.6) is 0 Å². The van der Waals surface area contributed by atoms with E-state index < -0.39 is 5.91 Å². The summed E-state index contributed by atoms with van der Waals surface area (Å²) in [6.07, 6.45) is 5.89. The molecule has 4 rings (SSSR count). The Hall–Kier alpha value is -3.61. The molecule has 0 aliphatic heterocycles. The molecule has 0 fully saturated rings. The van der Waals surface area contributed by atoms with Gasteiger partial charge < -0.3 is 9.88 Å². The Morgan fingerprint density at radius 2 is 1.90 bits per heavy atom. The molecule has 0 saturated carbocycles. The predicted octanol–water partition coefficient (Wildman–Crippen LogP) is 5.45. The smallest absolute Gasteiger partial charge is 0.266 e. The van der Waals surface area contributed by atoms with Crippen molar-refractivity contribution in [1.82, 2.24) is 4.57 Å². The van der Waals surface area contributed by atoms with E-state index in [-0.39, 0.29) is 5.57 Å². The van der Waals surface area contributed by atoms with Crippen molar-refractivity contribution in [2.75, 3.05) is 5.32 Å². The standard InChI is InChI=1S/C25H22N4OS/c1-16-12-18(13-19(14-26)24(30)28-20-8-4-3-5-9-20)17(2)29(16)25-22(15-27)21-10-6-7-11-23(21)31-25/h3-5,8-9,12-13H,6-7,10-11H2,1-2H3,(H,28,30)/b19-13-. The van der Waals surface area contributed by atoms with E-state index in [1.807, 2.05) is 44.2 Å². The first-order chi connectivity index (χ1) is 15.0. The second kappa shape index (κ2) is 8.63. The molecule has 0 bridgehead atoms. The molecule has 1 N–H and O–H groups in total. The van der Waals surface area contributed by atoms with Crippen LogP contribution in [0.15, 0.2) is 42.0 Å². The number of rotatable bonds is 4. The number of nitrogens with one attached hydrogen (secondary N) is 1. The van der Waals surface area contributed by atoms with Crippen LogP contribution >= 0.6 is 11.3 Å². The summed E-state index contributed by atoms with van der Waals surface area (Å²) in [6, 6.07) is 15.5. The number of carbonyl (C=O) groups is 1. The number of carbonyl (C=O) groups excluding carboxylic acids is 1. The third kappa shape index (κ3) is 3.91. The van der Waals surface area contributed by atoms with Crippen molar-refractivity contribution in [3.63, 3.8) is 0 Å². The van der Waals surface area contributed by atoms with Crippen LogP contribution in [0.1, 0.15) is 45.8 Å². The van der Waals surface area contributed by atoms with E-state index in [2.05, 4.69) is 16.0 Å². The number of amides is 1. The quantitative estimate of drug-likeness (QED) is 0.445. The largest absolute Gasteiger partial charge is 0.321 e. The van der Waals surface area contributed by atoms with Crippen LogP contribution in [0.25, 0.3) is 11.1 Å². The number of aromatic nitrogens is 1. The summed E-state index contributed by atoms with van der Waals surface area (Å²) < 4.78 is 2.08. The number of anilines is 1. The van der Waals surface area contributed by atoms with E-state index >= 15 is 0 Å². The molecule has 1 aromatic carbocycles. The van der Waals surface area contributed by atoms with E-state index in [9.17, 15) is 15.3 Å². The molecule has 2 heterocycles. The van der Waals surface area contributed by atoms with Crippen molar-refractivity contribution in [1.29, 1.82) is 10.5 Å². The highest BCUT2D eigenvalue weighted by Crippen LogP contribution is 2.38. The molecule has 1 amide bonds. The minimum absolute atomic E-state index is 0.0371. The van der Waals surface area contributed by atoms with Crippen molar-refractivity contribution < 1.29 is 4.79 Å². The molecule has 6 heteroatoms. The molecule has 0 spiro atoms. The zero-order valence-corrected chi connectivity index (χ0v) is 18.3. The fraction of sp³-hybridized carbons (Fsp3) is 0.240. The molecule has 5 nitrogen and oxygen atoms in total. The third-order valence-corrected chi connectivity index (χ3v) is 6.91. The van der Waals surface area contributed by atoms with Gasteiger partial charge in [-0.05, 0) is 74.9 Å². The number of para-hydroxylation sites is 1. The van der Waals surface area contributed by atoms with Crippen molar-refractivity contribution >= 4 is 29.0 Å². The lowest BCUT2D eigenvalue weighted by Crippen LogP contribution is -2.13. The predicted molar refractivity (Wildman–Crippen MR) is 123 cm³/mol. The number of benzene rings is 1. The van der Waals surface area contributed by atoms with E-state index in [4.69, 9.17) is 0 Å². The lowest BCUT2D eigenvalue weighted by molar-refractivity contribution is -0.112. The highest BCUT2D eigenvalue weighted by molar-refractivity contribution is 7.15. The van der Waals surface area contributed by atoms with E-state index in [1.54, 1.807) is 29.5 Å². The van der Waals surface area contributed by atoms with Gasteiger partial charge in [-0.2, -0.15) is 10.5 Å². The number of thiophene rings is 1. The Morgan fingerprint density at radius 1 is 1.16 bits per heavy atom. The number of fused-ring (bicyclic) bond motifs is 1. The maximum Gasteiger partial charge on any atom is 0.266 e. The van der Waals surface area contributed by atoms with Crippen molar-refractivity contribution in [2.45, 2.75) is 39.5 Å². The van der Waals surface area contributed by atoms with Gasteiger partial charge in [0, 0.05) is 22.0 Å². The monoisotopic (exact) mass is 426 g/mol. The molecule has 0 radical (unpaired) electrons. The fourth-order valence-electron chi connectivity index (χ4n) is 4.09. The van der Waals surface area contributed by atoms with Gasteiger partial charge in [-0.15, -0.1) is 11.3 Å². The Labute approximate surface area is 185 Å². The zero-order valence-electron chi connectivity index (χ0n) is 17.5. The number of nitriles is 2. The summed E-state index contributed by atoms with van der Waals surface area (Å²) >= 11 is 1.69. The SMILES string of the molecule is Cc1cc(/C=C(/C#N)C(=O)Nc2ccccc2)c(C)n1-c1sc2c(c1C#N)CCCC2. The lowest BCUT2D eigenvalue weighted by Gasteiger charge is -2.10. The van der Waals surface area contributed by atoms with Crippen LogP contribution in [0, 0.1) is 36.5 Å². The Kier molecular flexibility index (Phi) is 5.75. The van der Waals surface area contributed by atoms with E-state index in [1.165, 1.54) is 10.4 Å². The zero-order chi connectivity index (χ0) is 22.0. The summed E-state index contributed by atoms with van der Waals surface area (Å²) in [5.41, 5.74) is 5.31. The van der Waals surface area contributed by atoms with Crippen LogP contribution in [-0.2, 0) is 17.6 Å². The average molecular weight is 427 g/mol. The molecule has 1 aliphatic rings. The van der Waals surface area contributed by atoms with Gasteiger partial charge in [-0.25, -0.2) is 0 Å². The first-order valence-corrected chi connectivity index (χ1v) is 11.1. The molecule has 1 aliphatic carbocycles. The molecule has 0 unspecified atom stereocenters. The van der Waals surface area contributed by atoms with Crippen molar-refractivity contribution in [3.8, 4) is 17.1 Å². The van der Waals surface area contributed by atoms with Crippen LogP contribution in [0.2, 0.25) is 0 Å². The van der Waals surface area contributed by atoms with Gasteiger partial charge in [0.05, 0.1) is 5.56 Å². The molecular weight excluding hydrogens is 404 g/mol. The second-order valence-corrected chi connectivity index (χ2v) is 8.74. The number of hydrogen-bond donors (Lipinski definition) is 1. The summed E-state index contributed by atoms with van der Waals surface area (Å²) in [6.45, 7) is 3.95. The average Bonchev–Trinajstić information content (AvgIpc) is 3.28. The Bertz CT molecular complexity index is 1270. The van der Waals surface area contributed by atoms with Gasteiger partial charge in [0.15, 0.2) is 0 Å². The van der Waals surface area contributed by atoms with Gasteiger partial charge >= 0.3 is 0 Å². The molecule has 3 aromatic rings. The van der Waals surface area contributed by atoms with Crippen LogP contribution in [-0.4, -0.2) is 10.5 Å². The molecule has 154 valence electrons. The third-order valence-electron chi connectivity index (χ3n) is 5.63. The minimum atomic E-state index is -0.442. The molecular formula is C25H22N4OS. The summed E-state index contributed by atoms with van der Waals surface area (Å²) in [5.74, 6) is -0.442. The molecule has 31 heavy (non-hydrogen) atoms. The summed E-state index contributed by atoms with van der Waals surface area (Å²) in [4.78, 5) is 13.9. The molecule has 2 aromatic heterocycles. The van der Waals surface area contributed by atoms with Gasteiger partial charge in [-0.3, -0.25) is 4.79 Å². The maximum atomic E-state index is 12.6. The van der Waals surface area contributed by atoms with Gasteiger partial charge in [0.1, 0.15) is 22.7 Å². The molecule has 0 saturated heterocycles. The first kappa shape index (κ1) is 20.7.